The van der Waals surface area contributed by atoms with Gasteiger partial charge >= 0.3 is 0 Å². The van der Waals surface area contributed by atoms with Crippen molar-refractivity contribution < 1.29 is 9.25 Å². The van der Waals surface area contributed by atoms with Gasteiger partial charge in [0.2, 0.25) is 0 Å². The quantitative estimate of drug-likeness (QED) is 0.580. The minimum absolute atomic E-state index is 0.936. The molecule has 0 N–H and O–H groups in total. The van der Waals surface area contributed by atoms with Gasteiger partial charge in [0.25, 0.3) is 0 Å². The molecule has 2 aromatic rings. The minimum Gasteiger partial charge on any atom is -0.461 e. The Morgan fingerprint density at radius 3 is 3.00 bits per heavy atom. The number of unbranched alkanes of at least 4 members (excludes halogenated alkanes) is 1. The average Bonchev–Trinajstić information content (AvgIpc) is 2.75. The van der Waals surface area contributed by atoms with Gasteiger partial charge in [0.05, 0.1) is 6.21 Å². The first kappa shape index (κ1) is 11.7. The molecule has 1 aromatic heterocycles. The SMILES string of the molecule is CCCCc1cc2cc(/C=N/OC)ccc2o1. The van der Waals surface area contributed by atoms with Crippen LogP contribution in [0, 0.1) is 0 Å². The van der Waals surface area contributed by atoms with Crippen molar-refractivity contribution in [3.8, 4) is 0 Å². The molecule has 17 heavy (non-hydrogen) atoms. The highest BCUT2D eigenvalue weighted by Gasteiger charge is 2.03. The van der Waals surface area contributed by atoms with Crippen LogP contribution in [0.5, 0.6) is 0 Å². The maximum Gasteiger partial charge on any atom is 0.134 e. The molecule has 0 fully saturated rings. The third kappa shape index (κ3) is 2.87. The molecule has 0 unspecified atom stereocenters. The number of nitrogens with zero attached hydrogens (tertiary/aromatic N) is 1. The Bertz CT molecular complexity index is 514. The fraction of sp³-hybridized carbons (Fsp3) is 0.357. The number of furan rings is 1. The molecular weight excluding hydrogens is 214 g/mol. The second-order valence-electron chi connectivity index (χ2n) is 4.03. The van der Waals surface area contributed by atoms with E-state index in [1.54, 1.807) is 6.21 Å². The topological polar surface area (TPSA) is 34.7 Å². The molecule has 0 aliphatic carbocycles. The van der Waals surface area contributed by atoms with E-state index in [2.05, 4.69) is 29.0 Å². The second kappa shape index (κ2) is 5.53. The van der Waals surface area contributed by atoms with Crippen LogP contribution >= 0.6 is 0 Å². The highest BCUT2D eigenvalue weighted by Crippen LogP contribution is 2.21. The van der Waals surface area contributed by atoms with Gasteiger partial charge in [-0.2, -0.15) is 0 Å². The molecule has 0 saturated carbocycles. The van der Waals surface area contributed by atoms with Gasteiger partial charge in [-0.15, -0.1) is 0 Å². The van der Waals surface area contributed by atoms with E-state index in [1.807, 2.05) is 12.1 Å². The predicted octanol–water partition coefficient (Wildman–Crippen LogP) is 3.76. The molecule has 0 bridgehead atoms. The fourth-order valence-electron chi connectivity index (χ4n) is 1.78. The third-order valence-corrected chi connectivity index (χ3v) is 2.68. The number of hydrogen-bond acceptors (Lipinski definition) is 3. The zero-order chi connectivity index (χ0) is 12.1. The molecule has 1 aromatic carbocycles. The number of rotatable bonds is 5. The molecule has 3 heteroatoms. The Kier molecular flexibility index (Phi) is 3.81. The Morgan fingerprint density at radius 2 is 2.24 bits per heavy atom. The first-order valence-electron chi connectivity index (χ1n) is 5.92. The highest BCUT2D eigenvalue weighted by molar-refractivity contribution is 5.88. The summed E-state index contributed by atoms with van der Waals surface area (Å²) < 4.78 is 5.75. The summed E-state index contributed by atoms with van der Waals surface area (Å²) in [4.78, 5) is 4.66. The van der Waals surface area contributed by atoms with Crippen LogP contribution in [-0.4, -0.2) is 13.3 Å². The summed E-state index contributed by atoms with van der Waals surface area (Å²) in [5, 5.41) is 4.87. The van der Waals surface area contributed by atoms with Gasteiger partial charge in [0.15, 0.2) is 0 Å². The first-order valence-corrected chi connectivity index (χ1v) is 5.92. The molecule has 0 aliphatic heterocycles. The minimum atomic E-state index is 0.936. The van der Waals surface area contributed by atoms with Crippen LogP contribution in [0.1, 0.15) is 31.1 Å². The van der Waals surface area contributed by atoms with Crippen LogP contribution < -0.4 is 0 Å². The van der Waals surface area contributed by atoms with Crippen LogP contribution in [-0.2, 0) is 11.3 Å². The Labute approximate surface area is 101 Å². The number of fused-ring (bicyclic) bond motifs is 1. The summed E-state index contributed by atoms with van der Waals surface area (Å²) in [5.41, 5.74) is 1.95. The van der Waals surface area contributed by atoms with Gasteiger partial charge in [-0.3, -0.25) is 0 Å². The molecular formula is C14H17NO2. The van der Waals surface area contributed by atoms with E-state index in [0.29, 0.717) is 0 Å². The van der Waals surface area contributed by atoms with Crippen molar-refractivity contribution in [1.82, 2.24) is 0 Å². The summed E-state index contributed by atoms with van der Waals surface area (Å²) in [6.07, 6.45) is 5.05. The largest absolute Gasteiger partial charge is 0.461 e. The molecule has 0 saturated heterocycles. The monoisotopic (exact) mass is 231 g/mol. The molecule has 0 aliphatic rings. The summed E-state index contributed by atoms with van der Waals surface area (Å²) in [5.74, 6) is 1.06. The van der Waals surface area contributed by atoms with Crippen molar-refractivity contribution in [3.63, 3.8) is 0 Å². The molecule has 2 rings (SSSR count). The number of hydrogen-bond donors (Lipinski definition) is 0. The summed E-state index contributed by atoms with van der Waals surface area (Å²) in [6.45, 7) is 2.18. The lowest BCUT2D eigenvalue weighted by molar-refractivity contribution is 0.215. The zero-order valence-electron chi connectivity index (χ0n) is 10.3. The van der Waals surface area contributed by atoms with Crippen molar-refractivity contribution in [2.24, 2.45) is 5.16 Å². The van der Waals surface area contributed by atoms with E-state index in [1.165, 1.54) is 13.5 Å². The van der Waals surface area contributed by atoms with Crippen LogP contribution in [0.25, 0.3) is 11.0 Å². The van der Waals surface area contributed by atoms with Gasteiger partial charge in [-0.05, 0) is 36.2 Å². The molecule has 0 amide bonds. The maximum atomic E-state index is 5.75. The molecule has 0 spiro atoms. The Morgan fingerprint density at radius 1 is 1.35 bits per heavy atom. The first-order chi connectivity index (χ1) is 8.33. The lowest BCUT2D eigenvalue weighted by Gasteiger charge is -1.92. The smallest absolute Gasteiger partial charge is 0.134 e. The van der Waals surface area contributed by atoms with Crippen LogP contribution in [0.3, 0.4) is 0 Å². The predicted molar refractivity (Wildman–Crippen MR) is 69.4 cm³/mol. The molecule has 0 radical (unpaired) electrons. The number of benzene rings is 1. The Hall–Kier alpha value is -1.77. The average molecular weight is 231 g/mol. The Balaban J connectivity index is 2.24. The molecule has 3 nitrogen and oxygen atoms in total. The van der Waals surface area contributed by atoms with E-state index in [-0.39, 0.29) is 0 Å². The van der Waals surface area contributed by atoms with Gasteiger partial charge in [-0.25, -0.2) is 0 Å². The summed E-state index contributed by atoms with van der Waals surface area (Å²) in [6, 6.07) is 8.10. The number of oxime groups is 1. The third-order valence-electron chi connectivity index (χ3n) is 2.68. The van der Waals surface area contributed by atoms with Crippen molar-refractivity contribution >= 4 is 17.2 Å². The standard InChI is InChI=1S/C14H17NO2/c1-3-4-5-13-9-12-8-11(10-15-16-2)6-7-14(12)17-13/h6-10H,3-5H2,1-2H3/b15-10+. The molecule has 90 valence electrons. The summed E-state index contributed by atoms with van der Waals surface area (Å²) >= 11 is 0. The zero-order valence-corrected chi connectivity index (χ0v) is 10.3. The summed E-state index contributed by atoms with van der Waals surface area (Å²) in [7, 11) is 1.54. The van der Waals surface area contributed by atoms with E-state index in [0.717, 1.165) is 35.1 Å². The number of aryl methyl sites for hydroxylation is 1. The van der Waals surface area contributed by atoms with E-state index >= 15 is 0 Å². The van der Waals surface area contributed by atoms with Crippen LogP contribution in [0.15, 0.2) is 33.8 Å². The molecule has 0 atom stereocenters. The van der Waals surface area contributed by atoms with Gasteiger partial charge in [0.1, 0.15) is 18.5 Å². The van der Waals surface area contributed by atoms with Crippen molar-refractivity contribution in [3.05, 3.63) is 35.6 Å². The highest BCUT2D eigenvalue weighted by atomic mass is 16.6. The fourth-order valence-corrected chi connectivity index (χ4v) is 1.78. The van der Waals surface area contributed by atoms with E-state index in [9.17, 15) is 0 Å². The normalized spacial score (nSPS) is 11.4. The van der Waals surface area contributed by atoms with E-state index < -0.39 is 0 Å². The van der Waals surface area contributed by atoms with Gasteiger partial charge in [-0.1, -0.05) is 18.5 Å². The van der Waals surface area contributed by atoms with Crippen LogP contribution in [0.4, 0.5) is 0 Å². The lowest BCUT2D eigenvalue weighted by Crippen LogP contribution is -1.80. The van der Waals surface area contributed by atoms with Crippen molar-refractivity contribution in [2.45, 2.75) is 26.2 Å². The lowest BCUT2D eigenvalue weighted by atomic mass is 10.1. The molecule has 1 heterocycles. The van der Waals surface area contributed by atoms with Crippen molar-refractivity contribution in [2.75, 3.05) is 7.11 Å². The maximum absolute atomic E-state index is 5.75. The van der Waals surface area contributed by atoms with E-state index in [4.69, 9.17) is 4.42 Å². The van der Waals surface area contributed by atoms with Gasteiger partial charge in [0, 0.05) is 11.8 Å². The van der Waals surface area contributed by atoms with Crippen LogP contribution in [0.2, 0.25) is 0 Å². The van der Waals surface area contributed by atoms with Gasteiger partial charge < -0.3 is 9.25 Å². The second-order valence-corrected chi connectivity index (χ2v) is 4.03. The van der Waals surface area contributed by atoms with Crippen molar-refractivity contribution in [1.29, 1.82) is 0 Å².